The summed E-state index contributed by atoms with van der Waals surface area (Å²) in [5.74, 6) is 0. The molecule has 46 valence electrons. The minimum Gasteiger partial charge on any atom is -0.0843 e. The summed E-state index contributed by atoms with van der Waals surface area (Å²) < 4.78 is 0. The molecule has 0 atom stereocenters. The van der Waals surface area contributed by atoms with Gasteiger partial charge < -0.3 is 0 Å². The first-order valence-electron chi connectivity index (χ1n) is 2.10. The summed E-state index contributed by atoms with van der Waals surface area (Å²) in [6, 6.07) is 9.44. The van der Waals surface area contributed by atoms with Crippen LogP contribution in [-0.2, 0) is 16.5 Å². The van der Waals surface area contributed by atoms with Crippen molar-refractivity contribution >= 4 is 11.6 Å². The molecule has 0 saturated heterocycles. The van der Waals surface area contributed by atoms with Gasteiger partial charge in [0, 0.05) is 21.5 Å². The normalized spacial score (nSPS) is 7.62. The molecular weight excluding hydrogens is 166 g/mol. The maximum Gasteiger partial charge on any atom is 0.0405 e. The Bertz CT molecular complexity index is 138. The van der Waals surface area contributed by atoms with Gasteiger partial charge in [0.1, 0.15) is 0 Å². The van der Waals surface area contributed by atoms with E-state index in [1.165, 1.54) is 0 Å². The molecular formula is C6H5ClNi. The molecule has 1 aromatic carbocycles. The van der Waals surface area contributed by atoms with Crippen LogP contribution in [0.15, 0.2) is 30.3 Å². The fourth-order valence-corrected chi connectivity index (χ4v) is 0.560. The van der Waals surface area contributed by atoms with E-state index in [0.29, 0.717) is 0 Å². The van der Waals surface area contributed by atoms with Gasteiger partial charge in [-0.25, -0.2) is 0 Å². The molecule has 0 N–H and O–H groups in total. The molecule has 0 spiro atoms. The Morgan fingerprint density at radius 1 is 1.00 bits per heavy atom. The van der Waals surface area contributed by atoms with Crippen LogP contribution in [-0.4, -0.2) is 0 Å². The molecule has 0 aliphatic rings. The number of benzene rings is 1. The molecule has 0 radical (unpaired) electrons. The molecule has 0 bridgehead atoms. The van der Waals surface area contributed by atoms with E-state index in [4.69, 9.17) is 11.6 Å². The molecule has 0 fully saturated rings. The van der Waals surface area contributed by atoms with E-state index in [9.17, 15) is 0 Å². The first kappa shape index (κ1) is 8.00. The first-order valence-corrected chi connectivity index (χ1v) is 2.48. The number of rotatable bonds is 0. The second-order valence-electron chi connectivity index (χ2n) is 1.30. The second-order valence-corrected chi connectivity index (χ2v) is 1.73. The third kappa shape index (κ3) is 2.35. The average molecular weight is 171 g/mol. The zero-order chi connectivity index (χ0) is 5.11. The Labute approximate surface area is 63.8 Å². The molecule has 0 heterocycles. The number of hydrogen-bond donors (Lipinski definition) is 0. The standard InChI is InChI=1S/C6H5Cl.Ni/c7-6-4-2-1-3-5-6;/h1-5H;. The monoisotopic (exact) mass is 170 g/mol. The van der Waals surface area contributed by atoms with Crippen molar-refractivity contribution in [2.75, 3.05) is 0 Å². The zero-order valence-corrected chi connectivity index (χ0v) is 5.82. The van der Waals surface area contributed by atoms with Crippen molar-refractivity contribution in [2.24, 2.45) is 0 Å². The maximum absolute atomic E-state index is 5.54. The van der Waals surface area contributed by atoms with Crippen LogP contribution in [0.1, 0.15) is 0 Å². The van der Waals surface area contributed by atoms with Crippen LogP contribution in [0.5, 0.6) is 0 Å². The average Bonchev–Trinajstić information content (AvgIpc) is 1.69. The predicted molar refractivity (Wildman–Crippen MR) is 31.5 cm³/mol. The summed E-state index contributed by atoms with van der Waals surface area (Å²) >= 11 is 5.54. The molecule has 0 saturated carbocycles. The largest absolute Gasteiger partial charge is 0.0843 e. The van der Waals surface area contributed by atoms with E-state index in [1.54, 1.807) is 0 Å². The van der Waals surface area contributed by atoms with Crippen molar-refractivity contribution < 1.29 is 16.5 Å². The quantitative estimate of drug-likeness (QED) is 0.526. The van der Waals surface area contributed by atoms with Gasteiger partial charge in [0.25, 0.3) is 0 Å². The summed E-state index contributed by atoms with van der Waals surface area (Å²) in [5.41, 5.74) is 0. The fourth-order valence-electron chi connectivity index (χ4n) is 0.415. The van der Waals surface area contributed by atoms with Crippen molar-refractivity contribution in [3.63, 3.8) is 0 Å². The first-order chi connectivity index (χ1) is 3.39. The topological polar surface area (TPSA) is 0 Å². The summed E-state index contributed by atoms with van der Waals surface area (Å²) in [7, 11) is 0. The molecule has 0 aromatic heterocycles. The Morgan fingerprint density at radius 3 is 1.75 bits per heavy atom. The van der Waals surface area contributed by atoms with E-state index in [2.05, 4.69) is 0 Å². The van der Waals surface area contributed by atoms with Crippen LogP contribution in [0, 0.1) is 0 Å². The van der Waals surface area contributed by atoms with Gasteiger partial charge in [0.2, 0.25) is 0 Å². The minimum absolute atomic E-state index is 0. The van der Waals surface area contributed by atoms with Crippen LogP contribution in [0.4, 0.5) is 0 Å². The van der Waals surface area contributed by atoms with Gasteiger partial charge in [-0.05, 0) is 12.1 Å². The third-order valence-corrected chi connectivity index (χ3v) is 0.985. The van der Waals surface area contributed by atoms with E-state index in [1.807, 2.05) is 30.3 Å². The Kier molecular flexibility index (Phi) is 3.94. The SMILES string of the molecule is Clc1ccccc1.[Ni]. The van der Waals surface area contributed by atoms with Gasteiger partial charge in [-0.3, -0.25) is 0 Å². The van der Waals surface area contributed by atoms with Crippen LogP contribution in [0.2, 0.25) is 5.02 Å². The molecule has 8 heavy (non-hydrogen) atoms. The van der Waals surface area contributed by atoms with Crippen LogP contribution in [0.3, 0.4) is 0 Å². The molecule has 0 aliphatic heterocycles. The third-order valence-electron chi connectivity index (χ3n) is 0.733. The van der Waals surface area contributed by atoms with Gasteiger partial charge in [0.05, 0.1) is 0 Å². The molecule has 0 unspecified atom stereocenters. The van der Waals surface area contributed by atoms with Gasteiger partial charge in [-0.2, -0.15) is 0 Å². The fraction of sp³-hybridized carbons (Fsp3) is 0. The Morgan fingerprint density at radius 2 is 1.50 bits per heavy atom. The van der Waals surface area contributed by atoms with Gasteiger partial charge in [0.15, 0.2) is 0 Å². The summed E-state index contributed by atoms with van der Waals surface area (Å²) in [5, 5.41) is 0.794. The number of hydrogen-bond acceptors (Lipinski definition) is 0. The van der Waals surface area contributed by atoms with E-state index < -0.39 is 0 Å². The Hall–Kier alpha value is 0.00351. The molecule has 1 aromatic rings. The van der Waals surface area contributed by atoms with Crippen LogP contribution in [0.25, 0.3) is 0 Å². The van der Waals surface area contributed by atoms with Crippen molar-refractivity contribution in [3.05, 3.63) is 35.4 Å². The van der Waals surface area contributed by atoms with Crippen molar-refractivity contribution in [3.8, 4) is 0 Å². The summed E-state index contributed by atoms with van der Waals surface area (Å²) in [4.78, 5) is 0. The van der Waals surface area contributed by atoms with Crippen LogP contribution >= 0.6 is 11.6 Å². The molecule has 0 amide bonds. The van der Waals surface area contributed by atoms with Crippen molar-refractivity contribution in [1.82, 2.24) is 0 Å². The van der Waals surface area contributed by atoms with Gasteiger partial charge >= 0.3 is 0 Å². The molecule has 0 nitrogen and oxygen atoms in total. The molecule has 2 heteroatoms. The zero-order valence-electron chi connectivity index (χ0n) is 4.08. The Balaban J connectivity index is 0.000000490. The smallest absolute Gasteiger partial charge is 0.0405 e. The van der Waals surface area contributed by atoms with E-state index >= 15 is 0 Å². The summed E-state index contributed by atoms with van der Waals surface area (Å²) in [6.45, 7) is 0. The van der Waals surface area contributed by atoms with Gasteiger partial charge in [-0.15, -0.1) is 0 Å². The predicted octanol–water partition coefficient (Wildman–Crippen LogP) is 2.34. The summed E-state index contributed by atoms with van der Waals surface area (Å²) in [6.07, 6.45) is 0. The van der Waals surface area contributed by atoms with Gasteiger partial charge in [-0.1, -0.05) is 29.8 Å². The number of halogens is 1. The van der Waals surface area contributed by atoms with E-state index in [0.717, 1.165) is 5.02 Å². The molecule has 1 rings (SSSR count). The maximum atomic E-state index is 5.54. The minimum atomic E-state index is 0. The molecule has 0 aliphatic carbocycles. The van der Waals surface area contributed by atoms with Crippen molar-refractivity contribution in [2.45, 2.75) is 0 Å². The van der Waals surface area contributed by atoms with Crippen LogP contribution < -0.4 is 0 Å². The second kappa shape index (κ2) is 3.94. The van der Waals surface area contributed by atoms with E-state index in [-0.39, 0.29) is 16.5 Å². The van der Waals surface area contributed by atoms with Crippen molar-refractivity contribution in [1.29, 1.82) is 0 Å².